The quantitative estimate of drug-likeness (QED) is 0.857. The van der Waals surface area contributed by atoms with E-state index in [0.29, 0.717) is 18.1 Å². The van der Waals surface area contributed by atoms with Gasteiger partial charge in [-0.2, -0.15) is 0 Å². The van der Waals surface area contributed by atoms with Crippen molar-refractivity contribution in [3.8, 4) is 0 Å². The fraction of sp³-hybridized carbons (Fsp3) is 0.300. The van der Waals surface area contributed by atoms with Gasteiger partial charge in [0.2, 0.25) is 5.91 Å². The van der Waals surface area contributed by atoms with Crippen LogP contribution in [0, 0.1) is 0 Å². The number of anilines is 2. The summed E-state index contributed by atoms with van der Waals surface area (Å²) in [5, 5.41) is 6.49. The molecule has 1 saturated heterocycles. The number of nitrogens with one attached hydrogen (secondary N) is 2. The van der Waals surface area contributed by atoms with Gasteiger partial charge in [-0.25, -0.2) is 4.79 Å². The molecule has 0 unspecified atom stereocenters. The molecule has 6 heteroatoms. The largest absolute Gasteiger partial charge is 0.336 e. The molecule has 26 heavy (non-hydrogen) atoms. The Morgan fingerprint density at radius 2 is 1.77 bits per heavy atom. The zero-order chi connectivity index (χ0) is 18.1. The van der Waals surface area contributed by atoms with Crippen LogP contribution in [0.25, 0.3) is 0 Å². The lowest BCUT2D eigenvalue weighted by Crippen LogP contribution is -2.46. The summed E-state index contributed by atoms with van der Waals surface area (Å²) in [5.74, 6) is 0.0118. The van der Waals surface area contributed by atoms with E-state index >= 15 is 0 Å². The number of amides is 3. The molecule has 2 aromatic rings. The Morgan fingerprint density at radius 3 is 2.31 bits per heavy atom. The average molecular weight is 370 g/mol. The van der Waals surface area contributed by atoms with Gasteiger partial charge in [-0.3, -0.25) is 9.69 Å². The molecule has 1 aliphatic carbocycles. The molecule has 4 rings (SSSR count). The molecule has 2 N–H and O–H groups in total. The van der Waals surface area contributed by atoms with Crippen LogP contribution in [0.2, 0.25) is 5.02 Å². The predicted molar refractivity (Wildman–Crippen MR) is 103 cm³/mol. The zero-order valence-corrected chi connectivity index (χ0v) is 15.1. The van der Waals surface area contributed by atoms with Crippen molar-refractivity contribution in [3.63, 3.8) is 0 Å². The molecule has 0 atom stereocenters. The SMILES string of the molecule is O=C1NCCN1c1ccc(NC(=O)C2(c3ccc(Cl)cc3)CCC2)cc1. The van der Waals surface area contributed by atoms with Crippen molar-refractivity contribution >= 4 is 34.9 Å². The van der Waals surface area contributed by atoms with E-state index in [1.807, 2.05) is 48.5 Å². The molecule has 1 aliphatic heterocycles. The third kappa shape index (κ3) is 2.92. The minimum Gasteiger partial charge on any atom is -0.336 e. The molecule has 3 amide bonds. The molecule has 0 aromatic heterocycles. The van der Waals surface area contributed by atoms with Gasteiger partial charge in [0.1, 0.15) is 0 Å². The Labute approximate surface area is 157 Å². The van der Waals surface area contributed by atoms with Crippen LogP contribution in [0.3, 0.4) is 0 Å². The second-order valence-electron chi connectivity index (χ2n) is 6.83. The number of carbonyl (C=O) groups is 2. The lowest BCUT2D eigenvalue weighted by atomic mass is 9.64. The topological polar surface area (TPSA) is 61.4 Å². The summed E-state index contributed by atoms with van der Waals surface area (Å²) >= 11 is 5.98. The predicted octanol–water partition coefficient (Wildman–Crippen LogP) is 3.93. The van der Waals surface area contributed by atoms with Crippen LogP contribution < -0.4 is 15.5 Å². The molecule has 134 valence electrons. The number of halogens is 1. The van der Waals surface area contributed by atoms with Gasteiger partial charge >= 0.3 is 6.03 Å². The molecule has 1 saturated carbocycles. The summed E-state index contributed by atoms with van der Waals surface area (Å²) in [7, 11) is 0. The van der Waals surface area contributed by atoms with Crippen molar-refractivity contribution in [2.75, 3.05) is 23.3 Å². The van der Waals surface area contributed by atoms with E-state index in [1.165, 1.54) is 0 Å². The van der Waals surface area contributed by atoms with Gasteiger partial charge in [0.25, 0.3) is 0 Å². The second-order valence-corrected chi connectivity index (χ2v) is 7.26. The van der Waals surface area contributed by atoms with Gasteiger partial charge in [0.05, 0.1) is 5.41 Å². The van der Waals surface area contributed by atoms with Crippen LogP contribution in [0.5, 0.6) is 0 Å². The number of carbonyl (C=O) groups excluding carboxylic acids is 2. The van der Waals surface area contributed by atoms with Gasteiger partial charge in [-0.05, 0) is 54.8 Å². The third-order valence-corrected chi connectivity index (χ3v) is 5.58. The fourth-order valence-corrected chi connectivity index (χ4v) is 3.77. The molecular weight excluding hydrogens is 350 g/mol. The first kappa shape index (κ1) is 16.9. The lowest BCUT2D eigenvalue weighted by molar-refractivity contribution is -0.124. The Bertz CT molecular complexity index is 829. The highest BCUT2D eigenvalue weighted by atomic mass is 35.5. The molecule has 2 fully saturated rings. The van der Waals surface area contributed by atoms with E-state index in [2.05, 4.69) is 10.6 Å². The minimum absolute atomic E-state index is 0.0118. The van der Waals surface area contributed by atoms with E-state index in [1.54, 1.807) is 4.90 Å². The van der Waals surface area contributed by atoms with Crippen molar-refractivity contribution in [2.45, 2.75) is 24.7 Å². The number of rotatable bonds is 4. The number of nitrogens with zero attached hydrogens (tertiary/aromatic N) is 1. The number of benzene rings is 2. The monoisotopic (exact) mass is 369 g/mol. The summed E-state index contributed by atoms with van der Waals surface area (Å²) < 4.78 is 0. The second kappa shape index (κ2) is 6.65. The molecule has 2 aliphatic rings. The van der Waals surface area contributed by atoms with Crippen molar-refractivity contribution in [1.29, 1.82) is 0 Å². The van der Waals surface area contributed by atoms with Gasteiger partial charge in [-0.15, -0.1) is 0 Å². The zero-order valence-electron chi connectivity index (χ0n) is 14.3. The van der Waals surface area contributed by atoms with Crippen molar-refractivity contribution in [1.82, 2.24) is 5.32 Å². The molecule has 0 spiro atoms. The summed E-state index contributed by atoms with van der Waals surface area (Å²) in [6.45, 7) is 1.31. The van der Waals surface area contributed by atoms with E-state index in [0.717, 1.165) is 36.2 Å². The summed E-state index contributed by atoms with van der Waals surface area (Å²) in [4.78, 5) is 26.4. The highest BCUT2D eigenvalue weighted by molar-refractivity contribution is 6.30. The van der Waals surface area contributed by atoms with Gasteiger partial charge < -0.3 is 10.6 Å². The Kier molecular flexibility index (Phi) is 4.32. The number of hydrogen-bond acceptors (Lipinski definition) is 2. The molecule has 1 heterocycles. The van der Waals surface area contributed by atoms with Crippen LogP contribution in [-0.2, 0) is 10.2 Å². The normalized spacial score (nSPS) is 18.2. The van der Waals surface area contributed by atoms with Gasteiger partial charge in [0.15, 0.2) is 0 Å². The molecule has 5 nitrogen and oxygen atoms in total. The summed E-state index contributed by atoms with van der Waals surface area (Å²) in [6, 6.07) is 14.9. The van der Waals surface area contributed by atoms with Gasteiger partial charge in [0, 0.05) is 29.5 Å². The van der Waals surface area contributed by atoms with Crippen molar-refractivity contribution < 1.29 is 9.59 Å². The molecule has 0 radical (unpaired) electrons. The van der Waals surface area contributed by atoms with E-state index in [4.69, 9.17) is 11.6 Å². The van der Waals surface area contributed by atoms with Crippen LogP contribution in [0.4, 0.5) is 16.2 Å². The van der Waals surface area contributed by atoms with E-state index < -0.39 is 5.41 Å². The maximum absolute atomic E-state index is 13.0. The first-order chi connectivity index (χ1) is 12.6. The maximum atomic E-state index is 13.0. The Balaban J connectivity index is 1.50. The van der Waals surface area contributed by atoms with Gasteiger partial charge in [-0.1, -0.05) is 30.2 Å². The third-order valence-electron chi connectivity index (χ3n) is 5.33. The summed E-state index contributed by atoms with van der Waals surface area (Å²) in [6.07, 6.45) is 2.72. The van der Waals surface area contributed by atoms with E-state index in [-0.39, 0.29) is 11.9 Å². The first-order valence-electron chi connectivity index (χ1n) is 8.81. The highest BCUT2D eigenvalue weighted by Gasteiger charge is 2.45. The maximum Gasteiger partial charge on any atom is 0.321 e. The number of urea groups is 1. The van der Waals surface area contributed by atoms with Crippen LogP contribution in [-0.4, -0.2) is 25.0 Å². The average Bonchev–Trinajstić information content (AvgIpc) is 3.02. The highest BCUT2D eigenvalue weighted by Crippen LogP contribution is 2.44. The van der Waals surface area contributed by atoms with Crippen molar-refractivity contribution in [2.24, 2.45) is 0 Å². The Hall–Kier alpha value is -2.53. The fourth-order valence-electron chi connectivity index (χ4n) is 3.64. The van der Waals surface area contributed by atoms with E-state index in [9.17, 15) is 9.59 Å². The standard InChI is InChI=1S/C20H20ClN3O2/c21-15-4-2-14(3-5-15)20(10-1-11-20)18(25)23-16-6-8-17(9-7-16)24-13-12-22-19(24)26/h2-9H,1,10-13H2,(H,22,26)(H,23,25). The van der Waals surface area contributed by atoms with Crippen molar-refractivity contribution in [3.05, 3.63) is 59.1 Å². The molecular formula is C20H20ClN3O2. The van der Waals surface area contributed by atoms with Crippen LogP contribution in [0.1, 0.15) is 24.8 Å². The molecule has 0 bridgehead atoms. The Morgan fingerprint density at radius 1 is 1.08 bits per heavy atom. The summed E-state index contributed by atoms with van der Waals surface area (Å²) in [5.41, 5.74) is 2.10. The molecule has 2 aromatic carbocycles. The van der Waals surface area contributed by atoms with Crippen LogP contribution >= 0.6 is 11.6 Å². The number of hydrogen-bond donors (Lipinski definition) is 2. The minimum atomic E-state index is -0.474. The smallest absolute Gasteiger partial charge is 0.321 e. The van der Waals surface area contributed by atoms with Crippen LogP contribution in [0.15, 0.2) is 48.5 Å². The first-order valence-corrected chi connectivity index (χ1v) is 9.19. The lowest BCUT2D eigenvalue weighted by Gasteiger charge is -2.40.